The van der Waals surface area contributed by atoms with Gasteiger partial charge in [-0.25, -0.2) is 0 Å². The summed E-state index contributed by atoms with van der Waals surface area (Å²) in [6, 6.07) is 5.98. The highest BCUT2D eigenvalue weighted by Crippen LogP contribution is 2.37. The van der Waals surface area contributed by atoms with Crippen molar-refractivity contribution in [2.45, 2.75) is 6.42 Å². The molecule has 0 atom stereocenters. The average Bonchev–Trinajstić information content (AvgIpc) is 2.39. The Morgan fingerprint density at radius 2 is 2.06 bits per heavy atom. The van der Waals surface area contributed by atoms with Crippen LogP contribution in [0.15, 0.2) is 36.6 Å². The molecule has 1 N–H and O–H groups in total. The summed E-state index contributed by atoms with van der Waals surface area (Å²) in [5.74, 6) is 1.68. The second kappa shape index (κ2) is 3.93. The number of ether oxygens (including phenoxy) is 2. The van der Waals surface area contributed by atoms with E-state index >= 15 is 0 Å². The number of fused-ring (bicyclic) bond motifs is 1. The lowest BCUT2D eigenvalue weighted by Gasteiger charge is -2.22. The molecule has 16 heavy (non-hydrogen) atoms. The van der Waals surface area contributed by atoms with Crippen LogP contribution in [0.3, 0.4) is 0 Å². The van der Waals surface area contributed by atoms with E-state index in [0.717, 1.165) is 29.2 Å². The van der Waals surface area contributed by atoms with Crippen molar-refractivity contribution in [3.63, 3.8) is 0 Å². The third-order valence-corrected chi connectivity index (χ3v) is 2.67. The van der Waals surface area contributed by atoms with Gasteiger partial charge in [-0.15, -0.1) is 0 Å². The molecule has 0 bridgehead atoms. The molecule has 0 saturated heterocycles. The van der Waals surface area contributed by atoms with E-state index in [-0.39, 0.29) is 0 Å². The van der Waals surface area contributed by atoms with Crippen LogP contribution >= 0.6 is 0 Å². The first-order valence-electron chi connectivity index (χ1n) is 5.46. The molecule has 3 rings (SSSR count). The van der Waals surface area contributed by atoms with E-state index < -0.39 is 0 Å². The molecule has 0 fully saturated rings. The summed E-state index contributed by atoms with van der Waals surface area (Å²) < 4.78 is 11.2. The van der Waals surface area contributed by atoms with Crippen molar-refractivity contribution in [3.8, 4) is 11.5 Å². The lowest BCUT2D eigenvalue weighted by Crippen LogP contribution is -2.17. The highest BCUT2D eigenvalue weighted by atomic mass is 16.6. The van der Waals surface area contributed by atoms with Crippen molar-refractivity contribution in [1.82, 2.24) is 5.32 Å². The zero-order valence-electron chi connectivity index (χ0n) is 8.90. The monoisotopic (exact) mass is 215 g/mol. The molecule has 1 aromatic rings. The summed E-state index contributed by atoms with van der Waals surface area (Å²) in [6.07, 6.45) is 7.13. The molecular weight excluding hydrogens is 202 g/mol. The van der Waals surface area contributed by atoms with Gasteiger partial charge in [-0.05, 0) is 24.8 Å². The summed E-state index contributed by atoms with van der Waals surface area (Å²) in [5, 5.41) is 3.23. The van der Waals surface area contributed by atoms with E-state index in [0.29, 0.717) is 13.2 Å². The predicted octanol–water partition coefficient (Wildman–Crippen LogP) is 2.31. The number of para-hydroxylation sites is 1. The van der Waals surface area contributed by atoms with Crippen LogP contribution < -0.4 is 14.8 Å². The maximum Gasteiger partial charge on any atom is 0.170 e. The van der Waals surface area contributed by atoms with E-state index in [1.165, 1.54) is 0 Å². The smallest absolute Gasteiger partial charge is 0.170 e. The Kier molecular flexibility index (Phi) is 2.29. The van der Waals surface area contributed by atoms with Gasteiger partial charge in [0.15, 0.2) is 11.5 Å². The van der Waals surface area contributed by atoms with Crippen LogP contribution in [0, 0.1) is 0 Å². The molecule has 0 aliphatic carbocycles. The molecule has 82 valence electrons. The van der Waals surface area contributed by atoms with Gasteiger partial charge in [0.25, 0.3) is 0 Å². The molecule has 0 radical (unpaired) electrons. The Morgan fingerprint density at radius 3 is 2.94 bits per heavy atom. The minimum atomic E-state index is 0.618. The predicted molar refractivity (Wildman–Crippen MR) is 62.3 cm³/mol. The van der Waals surface area contributed by atoms with Gasteiger partial charge in [0.1, 0.15) is 13.2 Å². The number of allylic oxidation sites excluding steroid dienone is 2. The van der Waals surface area contributed by atoms with E-state index in [4.69, 9.17) is 9.47 Å². The van der Waals surface area contributed by atoms with Crippen molar-refractivity contribution in [2.75, 3.05) is 13.2 Å². The van der Waals surface area contributed by atoms with Gasteiger partial charge in [0.2, 0.25) is 0 Å². The summed E-state index contributed by atoms with van der Waals surface area (Å²) in [5.41, 5.74) is 2.16. The molecular formula is C13H13NO2. The Hall–Kier alpha value is -1.90. The number of nitrogens with one attached hydrogen (secondary N) is 1. The third-order valence-electron chi connectivity index (χ3n) is 2.67. The van der Waals surface area contributed by atoms with Crippen LogP contribution in [-0.4, -0.2) is 13.2 Å². The van der Waals surface area contributed by atoms with E-state index in [9.17, 15) is 0 Å². The third kappa shape index (κ3) is 1.54. The molecule has 0 amide bonds. The highest BCUT2D eigenvalue weighted by molar-refractivity contribution is 5.73. The van der Waals surface area contributed by atoms with Crippen molar-refractivity contribution in [2.24, 2.45) is 0 Å². The van der Waals surface area contributed by atoms with Crippen LogP contribution in [0.4, 0.5) is 0 Å². The Labute approximate surface area is 94.4 Å². The topological polar surface area (TPSA) is 30.5 Å². The molecule has 2 heterocycles. The lowest BCUT2D eigenvalue weighted by atomic mass is 10.1. The van der Waals surface area contributed by atoms with Crippen LogP contribution in [0.5, 0.6) is 11.5 Å². The Morgan fingerprint density at radius 1 is 1.12 bits per heavy atom. The van der Waals surface area contributed by atoms with Gasteiger partial charge >= 0.3 is 0 Å². The van der Waals surface area contributed by atoms with Gasteiger partial charge in [0, 0.05) is 11.3 Å². The van der Waals surface area contributed by atoms with E-state index in [2.05, 4.69) is 17.5 Å². The molecule has 3 nitrogen and oxygen atoms in total. The summed E-state index contributed by atoms with van der Waals surface area (Å²) >= 11 is 0. The van der Waals surface area contributed by atoms with Crippen molar-refractivity contribution >= 4 is 5.70 Å². The first-order valence-corrected chi connectivity index (χ1v) is 5.46. The molecule has 1 aromatic carbocycles. The fourth-order valence-corrected chi connectivity index (χ4v) is 1.94. The van der Waals surface area contributed by atoms with Gasteiger partial charge in [0.05, 0.1) is 0 Å². The maximum absolute atomic E-state index is 5.68. The maximum atomic E-state index is 5.68. The average molecular weight is 215 g/mol. The van der Waals surface area contributed by atoms with Gasteiger partial charge < -0.3 is 14.8 Å². The largest absolute Gasteiger partial charge is 0.486 e. The van der Waals surface area contributed by atoms with Crippen LogP contribution in [-0.2, 0) is 0 Å². The molecule has 2 aliphatic rings. The zero-order chi connectivity index (χ0) is 10.8. The van der Waals surface area contributed by atoms with Crippen LogP contribution in [0.25, 0.3) is 5.70 Å². The van der Waals surface area contributed by atoms with Gasteiger partial charge in [-0.3, -0.25) is 0 Å². The molecule has 0 saturated carbocycles. The number of hydrogen-bond acceptors (Lipinski definition) is 3. The second-order valence-corrected chi connectivity index (χ2v) is 3.73. The van der Waals surface area contributed by atoms with E-state index in [1.807, 2.05) is 24.4 Å². The fourth-order valence-electron chi connectivity index (χ4n) is 1.94. The Bertz CT molecular complexity index is 463. The minimum Gasteiger partial charge on any atom is -0.486 e. The molecule has 0 unspecified atom stereocenters. The fraction of sp³-hybridized carbons (Fsp3) is 0.231. The number of rotatable bonds is 1. The second-order valence-electron chi connectivity index (χ2n) is 3.73. The minimum absolute atomic E-state index is 0.618. The first kappa shape index (κ1) is 9.33. The van der Waals surface area contributed by atoms with Crippen LogP contribution in [0.1, 0.15) is 12.0 Å². The molecule has 2 aliphatic heterocycles. The zero-order valence-corrected chi connectivity index (χ0v) is 8.90. The number of dihydropyridines is 1. The SMILES string of the molecule is C1=CNC(c2cccc3c2OCCO3)=CC1. The number of hydrogen-bond donors (Lipinski definition) is 1. The summed E-state index contributed by atoms with van der Waals surface area (Å²) in [6.45, 7) is 1.25. The number of benzene rings is 1. The first-order chi connectivity index (χ1) is 7.95. The van der Waals surface area contributed by atoms with Crippen LogP contribution in [0.2, 0.25) is 0 Å². The molecule has 0 spiro atoms. The molecule has 3 heteroatoms. The summed E-state index contributed by atoms with van der Waals surface area (Å²) in [7, 11) is 0. The quantitative estimate of drug-likeness (QED) is 0.779. The van der Waals surface area contributed by atoms with Crippen molar-refractivity contribution in [3.05, 3.63) is 42.1 Å². The highest BCUT2D eigenvalue weighted by Gasteiger charge is 2.17. The van der Waals surface area contributed by atoms with E-state index in [1.54, 1.807) is 0 Å². The van der Waals surface area contributed by atoms with Gasteiger partial charge in [-0.2, -0.15) is 0 Å². The van der Waals surface area contributed by atoms with Gasteiger partial charge in [-0.1, -0.05) is 18.2 Å². The normalized spacial score (nSPS) is 17.6. The lowest BCUT2D eigenvalue weighted by molar-refractivity contribution is 0.171. The Balaban J connectivity index is 2.03. The molecule has 0 aromatic heterocycles. The summed E-state index contributed by atoms with van der Waals surface area (Å²) in [4.78, 5) is 0. The van der Waals surface area contributed by atoms with Crippen molar-refractivity contribution < 1.29 is 9.47 Å². The van der Waals surface area contributed by atoms with Crippen molar-refractivity contribution in [1.29, 1.82) is 0 Å². The standard InChI is InChI=1S/C13H13NO2/c1-2-7-14-11(5-1)10-4-3-6-12-13(10)16-9-8-15-12/h2-7,14H,1,8-9H2.